The Balaban J connectivity index is 2.42. The fourth-order valence-electron chi connectivity index (χ4n) is 2.25. The zero-order valence-corrected chi connectivity index (χ0v) is 11.3. The highest BCUT2D eigenvalue weighted by molar-refractivity contribution is 4.94. The third-order valence-electron chi connectivity index (χ3n) is 3.34. The Morgan fingerprint density at radius 3 is 2.75 bits per heavy atom. The van der Waals surface area contributed by atoms with Crippen molar-refractivity contribution >= 4 is 0 Å². The van der Waals surface area contributed by atoms with Crippen molar-refractivity contribution in [1.29, 1.82) is 0 Å². The summed E-state index contributed by atoms with van der Waals surface area (Å²) in [5, 5.41) is 19.2. The van der Waals surface area contributed by atoms with E-state index >= 15 is 0 Å². The van der Waals surface area contributed by atoms with Gasteiger partial charge in [-0.15, -0.1) is 0 Å². The lowest BCUT2D eigenvalue weighted by atomic mass is 10.1. The van der Waals surface area contributed by atoms with Crippen molar-refractivity contribution in [1.82, 2.24) is 9.13 Å². The molecule has 1 saturated heterocycles. The van der Waals surface area contributed by atoms with Crippen LogP contribution in [0.1, 0.15) is 13.2 Å². The SMILES string of the molecule is CCOC1C(O)[C@@H](CO)O[C@H]1n1ccc(=O)n(C)c1=O. The normalized spacial score (nSPS) is 29.8. The van der Waals surface area contributed by atoms with Gasteiger partial charge in [-0.05, 0) is 6.92 Å². The number of ether oxygens (including phenoxy) is 2. The van der Waals surface area contributed by atoms with Crippen LogP contribution in [0.4, 0.5) is 0 Å². The zero-order valence-electron chi connectivity index (χ0n) is 11.3. The van der Waals surface area contributed by atoms with Gasteiger partial charge in [-0.2, -0.15) is 0 Å². The van der Waals surface area contributed by atoms with E-state index in [1.54, 1.807) is 6.92 Å². The minimum absolute atomic E-state index is 0.320. The maximum absolute atomic E-state index is 12.1. The van der Waals surface area contributed by atoms with E-state index in [2.05, 4.69) is 0 Å². The first-order valence-corrected chi connectivity index (χ1v) is 6.35. The first kappa shape index (κ1) is 14.9. The molecule has 0 aliphatic carbocycles. The molecular weight excluding hydrogens is 268 g/mol. The molecule has 8 nitrogen and oxygen atoms in total. The van der Waals surface area contributed by atoms with E-state index in [1.165, 1.54) is 23.9 Å². The van der Waals surface area contributed by atoms with Crippen molar-refractivity contribution in [2.45, 2.75) is 31.5 Å². The van der Waals surface area contributed by atoms with Gasteiger partial charge < -0.3 is 19.7 Å². The van der Waals surface area contributed by atoms with Crippen molar-refractivity contribution in [3.8, 4) is 0 Å². The largest absolute Gasteiger partial charge is 0.394 e. The highest BCUT2D eigenvalue weighted by Crippen LogP contribution is 2.30. The number of aliphatic hydroxyl groups excluding tert-OH is 2. The van der Waals surface area contributed by atoms with Gasteiger partial charge in [0.05, 0.1) is 6.61 Å². The summed E-state index contributed by atoms with van der Waals surface area (Å²) in [5.74, 6) is 0. The van der Waals surface area contributed by atoms with Crippen molar-refractivity contribution in [3.05, 3.63) is 33.1 Å². The lowest BCUT2D eigenvalue weighted by Gasteiger charge is -2.22. The Hall–Kier alpha value is -1.48. The third-order valence-corrected chi connectivity index (χ3v) is 3.34. The van der Waals surface area contributed by atoms with Crippen LogP contribution in [0.5, 0.6) is 0 Å². The molecule has 2 heterocycles. The van der Waals surface area contributed by atoms with E-state index in [1.807, 2.05) is 0 Å². The number of aromatic nitrogens is 2. The lowest BCUT2D eigenvalue weighted by molar-refractivity contribution is -0.0721. The second-order valence-electron chi connectivity index (χ2n) is 4.56. The summed E-state index contributed by atoms with van der Waals surface area (Å²) in [5.41, 5.74) is -1.01. The van der Waals surface area contributed by atoms with Gasteiger partial charge >= 0.3 is 5.69 Å². The van der Waals surface area contributed by atoms with Crippen LogP contribution in [0.25, 0.3) is 0 Å². The van der Waals surface area contributed by atoms with Crippen LogP contribution in [0.3, 0.4) is 0 Å². The van der Waals surface area contributed by atoms with E-state index in [0.717, 1.165) is 4.57 Å². The van der Waals surface area contributed by atoms with Gasteiger partial charge in [-0.3, -0.25) is 13.9 Å². The molecule has 4 atom stereocenters. The number of hydrogen-bond donors (Lipinski definition) is 2. The Morgan fingerprint density at radius 1 is 1.45 bits per heavy atom. The molecule has 1 aliphatic rings. The third kappa shape index (κ3) is 2.42. The molecule has 2 rings (SSSR count). The number of aliphatic hydroxyl groups is 2. The van der Waals surface area contributed by atoms with Crippen molar-refractivity contribution < 1.29 is 19.7 Å². The Labute approximate surface area is 114 Å². The molecule has 0 spiro atoms. The van der Waals surface area contributed by atoms with Gasteiger partial charge in [0.2, 0.25) is 0 Å². The van der Waals surface area contributed by atoms with E-state index < -0.39 is 35.8 Å². The van der Waals surface area contributed by atoms with Gasteiger partial charge in [0.15, 0.2) is 6.23 Å². The number of rotatable bonds is 4. The van der Waals surface area contributed by atoms with Crippen LogP contribution in [0, 0.1) is 0 Å². The zero-order chi connectivity index (χ0) is 14.9. The van der Waals surface area contributed by atoms with E-state index in [-0.39, 0.29) is 6.61 Å². The predicted octanol–water partition coefficient (Wildman–Crippen LogP) is -1.80. The first-order chi connectivity index (χ1) is 9.51. The van der Waals surface area contributed by atoms with Gasteiger partial charge in [-0.1, -0.05) is 0 Å². The molecule has 2 N–H and O–H groups in total. The van der Waals surface area contributed by atoms with Crippen molar-refractivity contribution in [2.24, 2.45) is 7.05 Å². The first-order valence-electron chi connectivity index (χ1n) is 6.35. The van der Waals surface area contributed by atoms with Crippen LogP contribution < -0.4 is 11.2 Å². The minimum atomic E-state index is -1.05. The molecule has 1 fully saturated rings. The molecule has 1 aromatic heterocycles. The summed E-state index contributed by atoms with van der Waals surface area (Å²) in [4.78, 5) is 23.5. The topological polar surface area (TPSA) is 103 Å². The van der Waals surface area contributed by atoms with Crippen LogP contribution in [-0.4, -0.2) is 50.9 Å². The Kier molecular flexibility index (Phi) is 4.39. The highest BCUT2D eigenvalue weighted by atomic mass is 16.6. The van der Waals surface area contributed by atoms with Crippen LogP contribution in [0.15, 0.2) is 21.9 Å². The second kappa shape index (κ2) is 5.88. The summed E-state index contributed by atoms with van der Waals surface area (Å²) >= 11 is 0. The van der Waals surface area contributed by atoms with Crippen molar-refractivity contribution in [3.63, 3.8) is 0 Å². The molecule has 0 amide bonds. The molecule has 0 bridgehead atoms. The van der Waals surface area contributed by atoms with Crippen LogP contribution in [0.2, 0.25) is 0 Å². The smallest absolute Gasteiger partial charge is 0.332 e. The van der Waals surface area contributed by atoms with Crippen LogP contribution in [-0.2, 0) is 16.5 Å². The summed E-state index contributed by atoms with van der Waals surface area (Å²) in [6.45, 7) is 1.68. The van der Waals surface area contributed by atoms with E-state index in [9.17, 15) is 19.8 Å². The molecule has 2 unspecified atom stereocenters. The van der Waals surface area contributed by atoms with Gasteiger partial charge in [0.25, 0.3) is 5.56 Å². The summed E-state index contributed by atoms with van der Waals surface area (Å²) < 4.78 is 13.0. The predicted molar refractivity (Wildman–Crippen MR) is 68.4 cm³/mol. The highest BCUT2D eigenvalue weighted by Gasteiger charge is 2.45. The molecule has 8 heteroatoms. The molecule has 20 heavy (non-hydrogen) atoms. The Bertz CT molecular complexity index is 580. The van der Waals surface area contributed by atoms with Crippen LogP contribution >= 0.6 is 0 Å². The Morgan fingerprint density at radius 2 is 2.15 bits per heavy atom. The molecule has 112 valence electrons. The minimum Gasteiger partial charge on any atom is -0.394 e. The van der Waals surface area contributed by atoms with Crippen molar-refractivity contribution in [2.75, 3.05) is 13.2 Å². The van der Waals surface area contributed by atoms with Gasteiger partial charge in [0, 0.05) is 25.9 Å². The fraction of sp³-hybridized carbons (Fsp3) is 0.667. The average molecular weight is 286 g/mol. The lowest BCUT2D eigenvalue weighted by Crippen LogP contribution is -2.42. The van der Waals surface area contributed by atoms with E-state index in [0.29, 0.717) is 6.61 Å². The quantitative estimate of drug-likeness (QED) is 0.677. The molecule has 1 aromatic rings. The fourth-order valence-corrected chi connectivity index (χ4v) is 2.25. The van der Waals surface area contributed by atoms with Gasteiger partial charge in [-0.25, -0.2) is 4.79 Å². The molecule has 0 saturated carbocycles. The molecule has 1 aliphatic heterocycles. The summed E-state index contributed by atoms with van der Waals surface area (Å²) in [6, 6.07) is 1.23. The van der Waals surface area contributed by atoms with Gasteiger partial charge in [0.1, 0.15) is 18.3 Å². The number of hydrogen-bond acceptors (Lipinski definition) is 6. The summed E-state index contributed by atoms with van der Waals surface area (Å²) in [7, 11) is 1.35. The summed E-state index contributed by atoms with van der Waals surface area (Å²) in [6.07, 6.45) is -2.25. The standard InChI is InChI=1S/C12H18N2O6/c1-3-19-10-9(17)7(6-15)20-11(10)14-5-4-8(16)13(2)12(14)18/h4-5,7,9-11,15,17H,3,6H2,1-2H3/t7-,9?,10?,11-/m1/s1. The molecule has 0 aromatic carbocycles. The van der Waals surface area contributed by atoms with E-state index in [4.69, 9.17) is 9.47 Å². The average Bonchev–Trinajstić information content (AvgIpc) is 2.74. The molecular formula is C12H18N2O6. The monoisotopic (exact) mass is 286 g/mol. The second-order valence-corrected chi connectivity index (χ2v) is 4.56. The molecule has 0 radical (unpaired) electrons. The number of nitrogens with zero attached hydrogens (tertiary/aromatic N) is 2. The maximum atomic E-state index is 12.1. The maximum Gasteiger partial charge on any atom is 0.332 e.